The second kappa shape index (κ2) is 6.72. The molecule has 118 valence electrons. The third kappa shape index (κ3) is 3.53. The molecular weight excluding hydrogens is 288 g/mol. The first kappa shape index (κ1) is 16.2. The molecule has 21 heavy (non-hydrogen) atoms. The van der Waals surface area contributed by atoms with Gasteiger partial charge in [0.1, 0.15) is 10.7 Å². The molecule has 0 radical (unpaired) electrons. The summed E-state index contributed by atoms with van der Waals surface area (Å²) in [5.41, 5.74) is 0. The van der Waals surface area contributed by atoms with Crippen molar-refractivity contribution in [3.8, 4) is 0 Å². The highest BCUT2D eigenvalue weighted by Gasteiger charge is 2.26. The lowest BCUT2D eigenvalue weighted by molar-refractivity contribution is 0.520. The van der Waals surface area contributed by atoms with Gasteiger partial charge in [-0.25, -0.2) is 17.7 Å². The van der Waals surface area contributed by atoms with Gasteiger partial charge in [-0.15, -0.1) is 0 Å². The minimum atomic E-state index is -3.40. The molecule has 1 aromatic heterocycles. The van der Waals surface area contributed by atoms with Crippen molar-refractivity contribution < 1.29 is 8.42 Å². The minimum Gasteiger partial charge on any atom is -0.352 e. The summed E-state index contributed by atoms with van der Waals surface area (Å²) in [5.74, 6) is 0.855. The first-order chi connectivity index (χ1) is 9.96. The van der Waals surface area contributed by atoms with E-state index in [9.17, 15) is 8.42 Å². The number of anilines is 1. The highest BCUT2D eigenvalue weighted by atomic mass is 32.2. The molecule has 7 heteroatoms. The zero-order valence-corrected chi connectivity index (χ0v) is 13.7. The lowest BCUT2D eigenvalue weighted by atomic mass is 10.2. The molecule has 1 aliphatic rings. The van der Waals surface area contributed by atoms with Gasteiger partial charge in [0.15, 0.2) is 0 Å². The van der Waals surface area contributed by atoms with Crippen molar-refractivity contribution in [3.05, 3.63) is 18.3 Å². The van der Waals surface area contributed by atoms with Crippen molar-refractivity contribution in [2.75, 3.05) is 38.6 Å². The number of hydrogen-bond acceptors (Lipinski definition) is 5. The molecule has 0 bridgehead atoms. The third-order valence-electron chi connectivity index (χ3n) is 3.80. The number of rotatable bonds is 6. The van der Waals surface area contributed by atoms with Crippen LogP contribution in [0.3, 0.4) is 0 Å². The molecule has 0 aliphatic carbocycles. The van der Waals surface area contributed by atoms with Crippen LogP contribution in [0.4, 0.5) is 5.82 Å². The Morgan fingerprint density at radius 2 is 2.19 bits per heavy atom. The van der Waals surface area contributed by atoms with Gasteiger partial charge in [0.2, 0.25) is 10.0 Å². The lowest BCUT2D eigenvalue weighted by Gasteiger charge is -2.26. The molecule has 0 saturated carbocycles. The van der Waals surface area contributed by atoms with E-state index in [1.54, 1.807) is 12.1 Å². The molecular formula is C14H24N4O2S. The van der Waals surface area contributed by atoms with Crippen molar-refractivity contribution in [1.82, 2.24) is 14.6 Å². The van der Waals surface area contributed by atoms with E-state index in [0.717, 1.165) is 38.3 Å². The van der Waals surface area contributed by atoms with E-state index in [1.165, 1.54) is 24.6 Å². The summed E-state index contributed by atoms with van der Waals surface area (Å²) < 4.78 is 25.3. The molecule has 6 nitrogen and oxygen atoms in total. The third-order valence-corrected chi connectivity index (χ3v) is 5.60. The highest BCUT2D eigenvalue weighted by molar-refractivity contribution is 7.89. The van der Waals surface area contributed by atoms with Crippen molar-refractivity contribution in [1.29, 1.82) is 0 Å². The molecule has 1 N–H and O–H groups in total. The average Bonchev–Trinajstić information content (AvgIpc) is 2.93. The van der Waals surface area contributed by atoms with Crippen LogP contribution in [0.1, 0.15) is 19.8 Å². The van der Waals surface area contributed by atoms with Gasteiger partial charge in [-0.05, 0) is 31.5 Å². The molecule has 0 amide bonds. The smallest absolute Gasteiger partial charge is 0.244 e. The van der Waals surface area contributed by atoms with Gasteiger partial charge < -0.3 is 10.2 Å². The van der Waals surface area contributed by atoms with E-state index in [2.05, 4.69) is 22.1 Å². The predicted octanol–water partition coefficient (Wildman–Crippen LogP) is 0.910. The van der Waals surface area contributed by atoms with Gasteiger partial charge in [0, 0.05) is 39.4 Å². The standard InChI is InChI=1S/C14H24N4O2S/c1-4-15-10-12-6-5-9-18(12)14-8-7-13(11-16-14)21(19,20)17(2)3/h7-8,11-12,15H,4-6,9-10H2,1-3H3. The molecule has 2 heterocycles. The van der Waals surface area contributed by atoms with Crippen LogP contribution in [-0.2, 0) is 10.0 Å². The quantitative estimate of drug-likeness (QED) is 0.846. The second-order valence-corrected chi connectivity index (χ2v) is 7.59. The first-order valence-corrected chi connectivity index (χ1v) is 8.76. The maximum atomic E-state index is 12.0. The predicted molar refractivity (Wildman–Crippen MR) is 84.0 cm³/mol. The largest absolute Gasteiger partial charge is 0.352 e. The maximum absolute atomic E-state index is 12.0. The van der Waals surface area contributed by atoms with Crippen molar-refractivity contribution in [2.24, 2.45) is 0 Å². The van der Waals surface area contributed by atoms with Gasteiger partial charge in [0.05, 0.1) is 0 Å². The number of likely N-dealkylation sites (N-methyl/N-ethyl adjacent to an activating group) is 1. The number of pyridine rings is 1. The van der Waals surface area contributed by atoms with Crippen LogP contribution in [0.25, 0.3) is 0 Å². The fourth-order valence-electron chi connectivity index (χ4n) is 2.57. The van der Waals surface area contributed by atoms with E-state index in [-0.39, 0.29) is 4.90 Å². The topological polar surface area (TPSA) is 65.5 Å². The fourth-order valence-corrected chi connectivity index (χ4v) is 3.41. The molecule has 0 aromatic carbocycles. The summed E-state index contributed by atoms with van der Waals surface area (Å²) in [6, 6.07) is 3.88. The Morgan fingerprint density at radius 3 is 2.76 bits per heavy atom. The van der Waals surface area contributed by atoms with Crippen molar-refractivity contribution in [2.45, 2.75) is 30.7 Å². The maximum Gasteiger partial charge on any atom is 0.244 e. The molecule has 1 unspecified atom stereocenters. The summed E-state index contributed by atoms with van der Waals surface area (Å²) in [6.07, 6.45) is 3.75. The van der Waals surface area contributed by atoms with E-state index in [1.807, 2.05) is 0 Å². The van der Waals surface area contributed by atoms with Crippen LogP contribution < -0.4 is 10.2 Å². The zero-order chi connectivity index (χ0) is 15.5. The second-order valence-electron chi connectivity index (χ2n) is 5.44. The van der Waals surface area contributed by atoms with Crippen molar-refractivity contribution >= 4 is 15.8 Å². The van der Waals surface area contributed by atoms with Crippen LogP contribution >= 0.6 is 0 Å². The number of nitrogens with one attached hydrogen (secondary N) is 1. The van der Waals surface area contributed by atoms with Crippen LogP contribution in [0.5, 0.6) is 0 Å². The Labute approximate surface area is 127 Å². The average molecular weight is 312 g/mol. The molecule has 1 atom stereocenters. The molecule has 1 aliphatic heterocycles. The highest BCUT2D eigenvalue weighted by Crippen LogP contribution is 2.24. The molecule has 1 saturated heterocycles. The summed E-state index contributed by atoms with van der Waals surface area (Å²) in [4.78, 5) is 6.85. The van der Waals surface area contributed by atoms with E-state index in [0.29, 0.717) is 6.04 Å². The van der Waals surface area contributed by atoms with Crippen molar-refractivity contribution in [3.63, 3.8) is 0 Å². The van der Waals surface area contributed by atoms with Crippen LogP contribution in [0, 0.1) is 0 Å². The van der Waals surface area contributed by atoms with Gasteiger partial charge in [0.25, 0.3) is 0 Å². The number of aromatic nitrogens is 1. The SMILES string of the molecule is CCNCC1CCCN1c1ccc(S(=O)(=O)N(C)C)cn1. The van der Waals surface area contributed by atoms with Gasteiger partial charge in [-0.3, -0.25) is 0 Å². The van der Waals surface area contributed by atoms with Crippen LogP contribution in [-0.4, -0.2) is 57.5 Å². The molecule has 1 fully saturated rings. The summed E-state index contributed by atoms with van der Waals surface area (Å²) in [7, 11) is -0.357. The van der Waals surface area contributed by atoms with E-state index < -0.39 is 10.0 Å². The first-order valence-electron chi connectivity index (χ1n) is 7.32. The Kier molecular flexibility index (Phi) is 5.18. The normalized spacial score (nSPS) is 19.4. The minimum absolute atomic E-state index is 0.235. The molecule has 2 rings (SSSR count). The molecule has 0 spiro atoms. The lowest BCUT2D eigenvalue weighted by Crippen LogP contribution is -2.38. The molecule has 1 aromatic rings. The van der Waals surface area contributed by atoms with Crippen LogP contribution in [0.2, 0.25) is 0 Å². The Bertz CT molecular complexity index is 557. The number of sulfonamides is 1. The van der Waals surface area contributed by atoms with Gasteiger partial charge >= 0.3 is 0 Å². The fraction of sp³-hybridized carbons (Fsp3) is 0.643. The van der Waals surface area contributed by atoms with Gasteiger partial charge in [-0.2, -0.15) is 0 Å². The van der Waals surface area contributed by atoms with E-state index >= 15 is 0 Å². The zero-order valence-electron chi connectivity index (χ0n) is 12.9. The van der Waals surface area contributed by atoms with Gasteiger partial charge in [-0.1, -0.05) is 6.92 Å². The summed E-state index contributed by atoms with van der Waals surface area (Å²) >= 11 is 0. The van der Waals surface area contributed by atoms with Crippen LogP contribution in [0.15, 0.2) is 23.2 Å². The Morgan fingerprint density at radius 1 is 1.43 bits per heavy atom. The Hall–Kier alpha value is -1.18. The number of nitrogens with zero attached hydrogens (tertiary/aromatic N) is 3. The summed E-state index contributed by atoms with van der Waals surface area (Å²) in [5, 5.41) is 3.37. The monoisotopic (exact) mass is 312 g/mol. The number of hydrogen-bond donors (Lipinski definition) is 1. The summed E-state index contributed by atoms with van der Waals surface area (Å²) in [6.45, 7) is 4.97. The Balaban J connectivity index is 2.15. The van der Waals surface area contributed by atoms with E-state index in [4.69, 9.17) is 0 Å².